The third-order valence-electron chi connectivity index (χ3n) is 5.83. The van der Waals surface area contributed by atoms with Crippen molar-refractivity contribution in [2.45, 2.75) is 31.4 Å². The molecular weight excluding hydrogens is 396 g/mol. The molecular formula is C28H28N2O2. The molecule has 2 N–H and O–H groups in total. The zero-order valence-electron chi connectivity index (χ0n) is 18.2. The summed E-state index contributed by atoms with van der Waals surface area (Å²) in [6.45, 7) is 2.21. The van der Waals surface area contributed by atoms with E-state index in [2.05, 4.69) is 48.1 Å². The van der Waals surface area contributed by atoms with E-state index in [0.29, 0.717) is 5.56 Å². The number of para-hydroxylation sites is 1. The Labute approximate surface area is 189 Å². The average Bonchev–Trinajstić information content (AvgIpc) is 3.36. The Kier molecular flexibility index (Phi) is 6.71. The van der Waals surface area contributed by atoms with E-state index in [-0.39, 0.29) is 18.1 Å². The van der Waals surface area contributed by atoms with Crippen LogP contribution in [0.15, 0.2) is 109 Å². The second-order valence-corrected chi connectivity index (χ2v) is 8.06. The third kappa shape index (κ3) is 5.09. The van der Waals surface area contributed by atoms with Crippen molar-refractivity contribution in [3.8, 4) is 5.75 Å². The van der Waals surface area contributed by atoms with E-state index in [4.69, 9.17) is 10.5 Å². The van der Waals surface area contributed by atoms with Gasteiger partial charge < -0.3 is 15.0 Å². The molecule has 4 rings (SSSR count). The highest BCUT2D eigenvalue weighted by atomic mass is 16.5. The van der Waals surface area contributed by atoms with E-state index in [1.54, 1.807) is 12.1 Å². The van der Waals surface area contributed by atoms with Crippen LogP contribution in [0.3, 0.4) is 0 Å². The lowest BCUT2D eigenvalue weighted by Gasteiger charge is -2.31. The van der Waals surface area contributed by atoms with Crippen LogP contribution >= 0.6 is 0 Å². The van der Waals surface area contributed by atoms with E-state index < -0.39 is 5.91 Å². The summed E-state index contributed by atoms with van der Waals surface area (Å²) in [6.07, 6.45) is 4.85. The molecule has 0 aliphatic carbocycles. The fourth-order valence-corrected chi connectivity index (χ4v) is 4.16. The predicted molar refractivity (Wildman–Crippen MR) is 128 cm³/mol. The normalized spacial score (nSPS) is 13.8. The number of rotatable bonds is 9. The molecule has 162 valence electrons. The molecule has 1 amide bonds. The number of nitrogens with zero attached hydrogens (tertiary/aromatic N) is 1. The van der Waals surface area contributed by atoms with Crippen LogP contribution in [0.4, 0.5) is 0 Å². The van der Waals surface area contributed by atoms with Gasteiger partial charge in [0.25, 0.3) is 0 Å². The first-order valence-electron chi connectivity index (χ1n) is 10.9. The van der Waals surface area contributed by atoms with Crippen LogP contribution in [0, 0.1) is 0 Å². The Bertz CT molecular complexity index is 1110. The van der Waals surface area contributed by atoms with Crippen LogP contribution < -0.4 is 10.5 Å². The number of ether oxygens (including phenoxy) is 1. The standard InChI is InChI=1S/C28H28N2O2/c1-21(30-18-8-9-19-30)20-26(32-25-12-6-3-7-13-25)27(22-10-4-2-5-11-22)23-14-16-24(17-15-23)28(29)31/h2-19,21,26-27H,20H2,1H3,(H2,29,31)/t21-,26-,27-/m1/s1. The number of amides is 1. The molecule has 0 fully saturated rings. The Balaban J connectivity index is 1.75. The Morgan fingerprint density at radius 1 is 0.812 bits per heavy atom. The topological polar surface area (TPSA) is 57.2 Å². The third-order valence-corrected chi connectivity index (χ3v) is 5.83. The minimum atomic E-state index is -0.425. The van der Waals surface area contributed by atoms with E-state index >= 15 is 0 Å². The van der Waals surface area contributed by atoms with E-state index in [1.165, 1.54) is 5.56 Å². The molecule has 1 heterocycles. The van der Waals surface area contributed by atoms with Gasteiger partial charge in [-0.25, -0.2) is 0 Å². The van der Waals surface area contributed by atoms with Crippen LogP contribution in [-0.2, 0) is 0 Å². The second-order valence-electron chi connectivity index (χ2n) is 8.06. The van der Waals surface area contributed by atoms with Crippen molar-refractivity contribution in [3.05, 3.63) is 126 Å². The maximum Gasteiger partial charge on any atom is 0.248 e. The molecule has 1 aromatic heterocycles. The van der Waals surface area contributed by atoms with Gasteiger partial charge in [0.05, 0.1) is 0 Å². The molecule has 0 radical (unpaired) electrons. The molecule has 0 spiro atoms. The van der Waals surface area contributed by atoms with Crippen LogP contribution in [-0.4, -0.2) is 16.6 Å². The Morgan fingerprint density at radius 2 is 1.38 bits per heavy atom. The lowest BCUT2D eigenvalue weighted by atomic mass is 9.83. The highest BCUT2D eigenvalue weighted by Gasteiger charge is 2.29. The molecule has 0 saturated carbocycles. The fraction of sp³-hybridized carbons (Fsp3) is 0.179. The molecule has 4 nitrogen and oxygen atoms in total. The van der Waals surface area contributed by atoms with Gasteiger partial charge in [-0.15, -0.1) is 0 Å². The summed E-state index contributed by atoms with van der Waals surface area (Å²) >= 11 is 0. The van der Waals surface area contributed by atoms with Crippen molar-refractivity contribution in [3.63, 3.8) is 0 Å². The Morgan fingerprint density at radius 3 is 1.97 bits per heavy atom. The summed E-state index contributed by atoms with van der Waals surface area (Å²) in [5.74, 6) is 0.398. The summed E-state index contributed by atoms with van der Waals surface area (Å²) < 4.78 is 8.83. The quantitative estimate of drug-likeness (QED) is 0.368. The zero-order valence-corrected chi connectivity index (χ0v) is 18.2. The van der Waals surface area contributed by atoms with E-state index in [0.717, 1.165) is 17.7 Å². The monoisotopic (exact) mass is 424 g/mol. The number of hydrogen-bond donors (Lipinski definition) is 1. The summed E-state index contributed by atoms with van der Waals surface area (Å²) in [5.41, 5.74) is 8.22. The lowest BCUT2D eigenvalue weighted by Crippen LogP contribution is -2.29. The predicted octanol–water partition coefficient (Wildman–Crippen LogP) is 5.82. The number of aromatic nitrogens is 1. The average molecular weight is 425 g/mol. The van der Waals surface area contributed by atoms with Gasteiger partial charge in [-0.3, -0.25) is 4.79 Å². The van der Waals surface area contributed by atoms with Crippen LogP contribution in [0.2, 0.25) is 0 Å². The van der Waals surface area contributed by atoms with Crippen LogP contribution in [0.5, 0.6) is 5.75 Å². The maximum absolute atomic E-state index is 11.6. The number of primary amides is 1. The lowest BCUT2D eigenvalue weighted by molar-refractivity contribution is 0.100. The van der Waals surface area contributed by atoms with Crippen LogP contribution in [0.25, 0.3) is 0 Å². The minimum Gasteiger partial charge on any atom is -0.489 e. The Hall–Kier alpha value is -3.79. The van der Waals surface area contributed by atoms with Gasteiger partial charge in [0.1, 0.15) is 11.9 Å². The van der Waals surface area contributed by atoms with Gasteiger partial charge in [0.2, 0.25) is 5.91 Å². The fourth-order valence-electron chi connectivity index (χ4n) is 4.16. The first-order valence-corrected chi connectivity index (χ1v) is 10.9. The molecule has 0 bridgehead atoms. The summed E-state index contributed by atoms with van der Waals surface area (Å²) in [4.78, 5) is 11.6. The number of carbonyl (C=O) groups excluding carboxylic acids is 1. The largest absolute Gasteiger partial charge is 0.489 e. The molecule has 32 heavy (non-hydrogen) atoms. The van der Waals surface area contributed by atoms with Gasteiger partial charge in [0.15, 0.2) is 0 Å². The van der Waals surface area contributed by atoms with Crippen molar-refractivity contribution in [1.82, 2.24) is 4.57 Å². The smallest absolute Gasteiger partial charge is 0.248 e. The number of nitrogens with two attached hydrogens (primary N) is 1. The number of carbonyl (C=O) groups is 1. The van der Waals surface area contributed by atoms with Gasteiger partial charge in [0, 0.05) is 36.3 Å². The van der Waals surface area contributed by atoms with Crippen molar-refractivity contribution in [1.29, 1.82) is 0 Å². The van der Waals surface area contributed by atoms with E-state index in [9.17, 15) is 4.79 Å². The van der Waals surface area contributed by atoms with Crippen molar-refractivity contribution in [2.24, 2.45) is 5.73 Å². The summed E-state index contributed by atoms with van der Waals surface area (Å²) in [7, 11) is 0. The molecule has 0 unspecified atom stereocenters. The summed E-state index contributed by atoms with van der Waals surface area (Å²) in [6, 6.07) is 32.2. The molecule has 3 atom stereocenters. The zero-order chi connectivity index (χ0) is 22.3. The first-order chi connectivity index (χ1) is 15.6. The summed E-state index contributed by atoms with van der Waals surface area (Å²) in [5, 5.41) is 0. The second kappa shape index (κ2) is 10.0. The van der Waals surface area contributed by atoms with Crippen molar-refractivity contribution in [2.75, 3.05) is 0 Å². The van der Waals surface area contributed by atoms with Crippen molar-refractivity contribution >= 4 is 5.91 Å². The van der Waals surface area contributed by atoms with Gasteiger partial charge in [-0.05, 0) is 54.4 Å². The van der Waals surface area contributed by atoms with Crippen molar-refractivity contribution < 1.29 is 9.53 Å². The van der Waals surface area contributed by atoms with E-state index in [1.807, 2.05) is 60.7 Å². The molecule has 3 aromatic carbocycles. The molecule has 4 aromatic rings. The number of benzene rings is 3. The van der Waals surface area contributed by atoms with Gasteiger partial charge >= 0.3 is 0 Å². The SMILES string of the molecule is C[C@H](C[C@@H](Oc1ccccc1)[C@H](c1ccccc1)c1ccc(C(N)=O)cc1)n1cccc1. The molecule has 0 aliphatic rings. The minimum absolute atomic E-state index is 0.0173. The highest BCUT2D eigenvalue weighted by molar-refractivity contribution is 5.92. The van der Waals surface area contributed by atoms with Crippen LogP contribution in [0.1, 0.15) is 46.8 Å². The first kappa shape index (κ1) is 21.4. The maximum atomic E-state index is 11.6. The molecule has 0 aliphatic heterocycles. The molecule has 0 saturated heterocycles. The van der Waals surface area contributed by atoms with Gasteiger partial charge in [-0.1, -0.05) is 60.7 Å². The van der Waals surface area contributed by atoms with Gasteiger partial charge in [-0.2, -0.15) is 0 Å². The number of hydrogen-bond acceptors (Lipinski definition) is 2. The molecule has 4 heteroatoms. The highest BCUT2D eigenvalue weighted by Crippen LogP contribution is 2.35.